The minimum absolute atomic E-state index is 0.0298. The van der Waals surface area contributed by atoms with Gasteiger partial charge < -0.3 is 23.8 Å². The van der Waals surface area contributed by atoms with Gasteiger partial charge in [0.05, 0.1) is 34.4 Å². The van der Waals surface area contributed by atoms with Crippen LogP contribution in [0.4, 0.5) is 0 Å². The Balaban J connectivity index is 4.52. The van der Waals surface area contributed by atoms with Crippen LogP contribution in [0.3, 0.4) is 0 Å². The Labute approximate surface area is 335 Å². The number of carboxylic acids is 1. The monoisotopic (exact) mass is 769 g/mol. The molecule has 312 valence electrons. The summed E-state index contributed by atoms with van der Waals surface area (Å²) in [6.45, 7) is 4.49. The molecule has 0 saturated heterocycles. The van der Waals surface area contributed by atoms with Crippen molar-refractivity contribution in [1.29, 1.82) is 0 Å². The zero-order valence-electron chi connectivity index (χ0n) is 35.3. The van der Waals surface area contributed by atoms with Gasteiger partial charge in [0.15, 0.2) is 12.1 Å². The van der Waals surface area contributed by atoms with E-state index in [0.29, 0.717) is 19.3 Å². The van der Waals surface area contributed by atoms with Crippen LogP contribution in [0.25, 0.3) is 0 Å². The molecule has 0 rings (SSSR count). The molecule has 0 aliphatic carbocycles. The number of hydrogen-bond donors (Lipinski definition) is 1. The number of likely N-dealkylation sites (N-methyl/N-ethyl adjacent to an activating group) is 1. The molecule has 0 aromatic carbocycles. The molecule has 0 aliphatic rings. The molecule has 0 aromatic heterocycles. The van der Waals surface area contributed by atoms with Crippen LogP contribution in [-0.4, -0.2) is 80.6 Å². The van der Waals surface area contributed by atoms with Gasteiger partial charge in [-0.3, -0.25) is 9.59 Å². The highest BCUT2D eigenvalue weighted by atomic mass is 16.6. The average molecular weight is 769 g/mol. The SMILES string of the molecule is CC/C=C/C=C/C=C/C=C/C=C/CCCCCC(=O)OC(COCCC(C(=O)O)[N+](C)(C)C)COC(=O)CCCCC/C=C/C=C/CCCCCCCCC. The van der Waals surface area contributed by atoms with E-state index < -0.39 is 18.1 Å². The number of carboxylic acid groups (broad SMARTS) is 1. The zero-order chi connectivity index (χ0) is 40.7. The summed E-state index contributed by atoms with van der Waals surface area (Å²) in [4.78, 5) is 36.9. The smallest absolute Gasteiger partial charge is 0.362 e. The molecular weight excluding hydrogens is 691 g/mol. The highest BCUT2D eigenvalue weighted by Gasteiger charge is 2.31. The zero-order valence-corrected chi connectivity index (χ0v) is 35.3. The predicted octanol–water partition coefficient (Wildman–Crippen LogP) is 11.4. The summed E-state index contributed by atoms with van der Waals surface area (Å²) >= 11 is 0. The van der Waals surface area contributed by atoms with Crippen LogP contribution in [0, 0.1) is 0 Å². The van der Waals surface area contributed by atoms with Gasteiger partial charge in [-0.1, -0.05) is 150 Å². The Morgan fingerprint density at radius 3 is 1.53 bits per heavy atom. The number of nitrogens with zero attached hydrogens (tertiary/aromatic N) is 1. The molecule has 0 radical (unpaired) electrons. The van der Waals surface area contributed by atoms with Gasteiger partial charge >= 0.3 is 17.9 Å². The second-order valence-electron chi connectivity index (χ2n) is 15.0. The maximum absolute atomic E-state index is 12.7. The Morgan fingerprint density at radius 1 is 0.564 bits per heavy atom. The number of quaternary nitrogens is 1. The molecule has 0 heterocycles. The standard InChI is InChI=1S/C47H77NO7/c1-6-8-10-12-14-16-18-20-22-24-25-27-29-31-33-35-37-45(49)54-42-43(41-53-40-39-44(47(51)52)48(3,4)5)55-46(50)38-36-34-32-30-28-26-23-21-19-17-15-13-11-9-7-2/h9,11,13,15,17,19,21-28,43-44H,6-8,10,12,14,16,18,20,29-42H2,1-5H3/p+1/b11-9+,15-13+,19-17+,23-21+,24-22+,27-25+,28-26+. The first-order chi connectivity index (χ1) is 26.6. The molecule has 2 atom stereocenters. The lowest BCUT2D eigenvalue weighted by Gasteiger charge is -2.31. The first-order valence-corrected chi connectivity index (χ1v) is 21.2. The molecule has 0 spiro atoms. The predicted molar refractivity (Wildman–Crippen MR) is 229 cm³/mol. The molecule has 0 aliphatic heterocycles. The van der Waals surface area contributed by atoms with E-state index in [1.807, 2.05) is 69.8 Å². The van der Waals surface area contributed by atoms with E-state index in [9.17, 15) is 19.5 Å². The van der Waals surface area contributed by atoms with Gasteiger partial charge in [0.1, 0.15) is 6.61 Å². The van der Waals surface area contributed by atoms with Crippen LogP contribution in [0.1, 0.15) is 142 Å². The average Bonchev–Trinajstić information content (AvgIpc) is 3.14. The number of esters is 2. The van der Waals surface area contributed by atoms with Gasteiger partial charge in [-0.25, -0.2) is 4.79 Å². The number of carbonyl (C=O) groups excluding carboxylic acids is 2. The van der Waals surface area contributed by atoms with Crippen LogP contribution < -0.4 is 0 Å². The first-order valence-electron chi connectivity index (χ1n) is 21.2. The van der Waals surface area contributed by atoms with Crippen molar-refractivity contribution in [3.05, 3.63) is 85.1 Å². The van der Waals surface area contributed by atoms with Crippen molar-refractivity contribution in [2.75, 3.05) is 41.0 Å². The Hall–Kier alpha value is -3.49. The van der Waals surface area contributed by atoms with Gasteiger partial charge in [-0.05, 0) is 57.8 Å². The lowest BCUT2D eigenvalue weighted by atomic mass is 10.1. The molecule has 2 unspecified atom stereocenters. The fourth-order valence-corrected chi connectivity index (χ4v) is 5.63. The maximum Gasteiger partial charge on any atom is 0.362 e. The normalized spacial score (nSPS) is 13.8. The Bertz CT molecular complexity index is 1170. The highest BCUT2D eigenvalue weighted by molar-refractivity contribution is 5.72. The van der Waals surface area contributed by atoms with Crippen LogP contribution in [0.5, 0.6) is 0 Å². The lowest BCUT2D eigenvalue weighted by molar-refractivity contribution is -0.887. The van der Waals surface area contributed by atoms with Crippen LogP contribution in [-0.2, 0) is 28.6 Å². The molecule has 0 fully saturated rings. The van der Waals surface area contributed by atoms with E-state index in [0.717, 1.165) is 57.8 Å². The molecule has 1 N–H and O–H groups in total. The first kappa shape index (κ1) is 51.5. The van der Waals surface area contributed by atoms with Crippen molar-refractivity contribution in [2.45, 2.75) is 154 Å². The summed E-state index contributed by atoms with van der Waals surface area (Å²) in [6, 6.07) is -0.631. The molecule has 0 aromatic rings. The number of ether oxygens (including phenoxy) is 3. The van der Waals surface area contributed by atoms with Gasteiger partial charge in [0.2, 0.25) is 0 Å². The third-order valence-corrected chi connectivity index (χ3v) is 8.93. The van der Waals surface area contributed by atoms with E-state index in [4.69, 9.17) is 14.2 Å². The highest BCUT2D eigenvalue weighted by Crippen LogP contribution is 2.12. The molecule has 0 saturated carbocycles. The fourth-order valence-electron chi connectivity index (χ4n) is 5.63. The van der Waals surface area contributed by atoms with Crippen molar-refractivity contribution >= 4 is 17.9 Å². The number of carbonyl (C=O) groups is 3. The minimum atomic E-state index is -0.890. The van der Waals surface area contributed by atoms with E-state index in [2.05, 4.69) is 50.3 Å². The number of rotatable bonds is 36. The number of unbranched alkanes of at least 4 members (excludes halogenated alkanes) is 13. The minimum Gasteiger partial charge on any atom is -0.477 e. The quantitative estimate of drug-likeness (QED) is 0.0293. The fraction of sp³-hybridized carbons (Fsp3) is 0.638. The number of aliphatic carboxylic acids is 1. The van der Waals surface area contributed by atoms with Crippen LogP contribution in [0.15, 0.2) is 85.1 Å². The molecular formula is C47H78NO7+. The molecule has 0 amide bonds. The summed E-state index contributed by atoms with van der Waals surface area (Å²) in [5, 5.41) is 9.61. The summed E-state index contributed by atoms with van der Waals surface area (Å²) in [5.41, 5.74) is 0. The summed E-state index contributed by atoms with van der Waals surface area (Å²) in [7, 11) is 5.49. The molecule has 0 bridgehead atoms. The number of hydrogen-bond acceptors (Lipinski definition) is 6. The third kappa shape index (κ3) is 35.9. The van der Waals surface area contributed by atoms with Gasteiger partial charge in [-0.15, -0.1) is 0 Å². The Morgan fingerprint density at radius 2 is 1.02 bits per heavy atom. The van der Waals surface area contributed by atoms with Crippen molar-refractivity contribution in [2.24, 2.45) is 0 Å². The Kier molecular flexibility index (Phi) is 35.1. The van der Waals surface area contributed by atoms with Gasteiger partial charge in [-0.2, -0.15) is 0 Å². The van der Waals surface area contributed by atoms with E-state index >= 15 is 0 Å². The van der Waals surface area contributed by atoms with E-state index in [1.54, 1.807) is 0 Å². The van der Waals surface area contributed by atoms with Crippen molar-refractivity contribution in [1.82, 2.24) is 0 Å². The van der Waals surface area contributed by atoms with Crippen molar-refractivity contribution in [3.63, 3.8) is 0 Å². The second-order valence-corrected chi connectivity index (χ2v) is 15.0. The van der Waals surface area contributed by atoms with Crippen LogP contribution in [0.2, 0.25) is 0 Å². The van der Waals surface area contributed by atoms with Crippen LogP contribution >= 0.6 is 0 Å². The van der Waals surface area contributed by atoms with Gasteiger partial charge in [0.25, 0.3) is 0 Å². The largest absolute Gasteiger partial charge is 0.477 e. The van der Waals surface area contributed by atoms with Crippen molar-refractivity contribution < 1.29 is 38.2 Å². The third-order valence-electron chi connectivity index (χ3n) is 8.93. The molecule has 8 heteroatoms. The lowest BCUT2D eigenvalue weighted by Crippen LogP contribution is -2.50. The van der Waals surface area contributed by atoms with Gasteiger partial charge in [0, 0.05) is 19.3 Å². The molecule has 8 nitrogen and oxygen atoms in total. The number of allylic oxidation sites excluding steroid dienone is 14. The second kappa shape index (κ2) is 37.4. The summed E-state index contributed by atoms with van der Waals surface area (Å²) in [5.74, 6) is -1.57. The summed E-state index contributed by atoms with van der Waals surface area (Å²) in [6.07, 6.45) is 47.7. The van der Waals surface area contributed by atoms with Crippen molar-refractivity contribution in [3.8, 4) is 0 Å². The van der Waals surface area contributed by atoms with E-state index in [1.165, 1.54) is 44.9 Å². The van der Waals surface area contributed by atoms with E-state index in [-0.39, 0.29) is 42.7 Å². The molecule has 55 heavy (non-hydrogen) atoms. The maximum atomic E-state index is 12.7. The summed E-state index contributed by atoms with van der Waals surface area (Å²) < 4.78 is 17.2. The topological polar surface area (TPSA) is 99.1 Å².